The number of nitro groups is 1. The third kappa shape index (κ3) is 4.82. The predicted molar refractivity (Wildman–Crippen MR) is 102 cm³/mol. The van der Waals surface area contributed by atoms with Gasteiger partial charge in [0.05, 0.1) is 11.1 Å². The number of nitro benzene ring substituents is 1. The number of amides is 1. The predicted octanol–water partition coefficient (Wildman–Crippen LogP) is 3.84. The van der Waals surface area contributed by atoms with Gasteiger partial charge in [0.1, 0.15) is 18.1 Å². The van der Waals surface area contributed by atoms with E-state index in [0.717, 1.165) is 5.56 Å². The van der Waals surface area contributed by atoms with Crippen LogP contribution in [0.15, 0.2) is 70.2 Å². The Kier molecular flexibility index (Phi) is 5.81. The summed E-state index contributed by atoms with van der Waals surface area (Å²) in [7, 11) is 0. The van der Waals surface area contributed by atoms with Crippen molar-refractivity contribution in [3.05, 3.63) is 93.4 Å². The standard InChI is InChI=1S/C20H17N3O5/c1-14-6-11-19(28-14)20(24)22-21-12-16-4-2-3-5-18(16)27-13-15-7-9-17(10-8-15)23(25)26/h2-12H,13H2,1H3,(H,22,24)/b21-12+. The molecule has 8 heteroatoms. The number of benzene rings is 2. The molecule has 0 saturated carbocycles. The molecule has 0 aliphatic heterocycles. The fraction of sp³-hybridized carbons (Fsp3) is 0.100. The zero-order chi connectivity index (χ0) is 19.9. The summed E-state index contributed by atoms with van der Waals surface area (Å²) in [6, 6.07) is 16.6. The van der Waals surface area contributed by atoms with Gasteiger partial charge in [0.25, 0.3) is 5.69 Å². The monoisotopic (exact) mass is 379 g/mol. The summed E-state index contributed by atoms with van der Waals surface area (Å²) in [4.78, 5) is 22.2. The molecular weight excluding hydrogens is 362 g/mol. The summed E-state index contributed by atoms with van der Waals surface area (Å²) in [5, 5.41) is 14.6. The van der Waals surface area contributed by atoms with Crippen LogP contribution in [0.2, 0.25) is 0 Å². The summed E-state index contributed by atoms with van der Waals surface area (Å²) in [5.41, 5.74) is 3.88. The topological polar surface area (TPSA) is 107 Å². The lowest BCUT2D eigenvalue weighted by Crippen LogP contribution is -2.16. The van der Waals surface area contributed by atoms with E-state index in [1.807, 2.05) is 12.1 Å². The van der Waals surface area contributed by atoms with Crippen LogP contribution < -0.4 is 10.2 Å². The first-order valence-electron chi connectivity index (χ1n) is 8.38. The number of non-ortho nitro benzene ring substituents is 1. The summed E-state index contributed by atoms with van der Waals surface area (Å²) < 4.78 is 11.0. The van der Waals surface area contributed by atoms with E-state index in [4.69, 9.17) is 9.15 Å². The second kappa shape index (κ2) is 8.63. The molecule has 1 heterocycles. The molecule has 1 aromatic heterocycles. The fourth-order valence-corrected chi connectivity index (χ4v) is 2.37. The second-order valence-electron chi connectivity index (χ2n) is 5.86. The molecule has 0 atom stereocenters. The minimum atomic E-state index is -0.450. The Morgan fingerprint density at radius 3 is 2.61 bits per heavy atom. The molecule has 1 amide bonds. The molecule has 8 nitrogen and oxygen atoms in total. The number of hydrogen-bond donors (Lipinski definition) is 1. The fourth-order valence-electron chi connectivity index (χ4n) is 2.37. The highest BCUT2D eigenvalue weighted by molar-refractivity contribution is 5.92. The van der Waals surface area contributed by atoms with Gasteiger partial charge >= 0.3 is 5.91 Å². The maximum Gasteiger partial charge on any atom is 0.307 e. The van der Waals surface area contributed by atoms with Crippen LogP contribution in [-0.4, -0.2) is 17.0 Å². The van der Waals surface area contributed by atoms with E-state index in [1.165, 1.54) is 18.3 Å². The van der Waals surface area contributed by atoms with Crippen molar-refractivity contribution >= 4 is 17.8 Å². The van der Waals surface area contributed by atoms with Gasteiger partial charge in [-0.15, -0.1) is 0 Å². The highest BCUT2D eigenvalue weighted by atomic mass is 16.6. The Hall–Kier alpha value is -3.94. The first-order valence-corrected chi connectivity index (χ1v) is 8.38. The maximum atomic E-state index is 11.9. The molecule has 3 aromatic rings. The van der Waals surface area contributed by atoms with Gasteiger partial charge in [-0.3, -0.25) is 14.9 Å². The number of para-hydroxylation sites is 1. The van der Waals surface area contributed by atoms with E-state index in [9.17, 15) is 14.9 Å². The van der Waals surface area contributed by atoms with E-state index < -0.39 is 10.8 Å². The minimum absolute atomic E-state index is 0.0266. The average Bonchev–Trinajstić information content (AvgIpc) is 3.14. The third-order valence-corrected chi connectivity index (χ3v) is 3.79. The van der Waals surface area contributed by atoms with E-state index in [2.05, 4.69) is 10.5 Å². The number of nitrogens with one attached hydrogen (secondary N) is 1. The molecule has 1 N–H and O–H groups in total. The second-order valence-corrected chi connectivity index (χ2v) is 5.86. The van der Waals surface area contributed by atoms with Crippen molar-refractivity contribution in [2.75, 3.05) is 0 Å². The summed E-state index contributed by atoms with van der Waals surface area (Å²) in [6.45, 7) is 1.99. The maximum absolute atomic E-state index is 11.9. The zero-order valence-electron chi connectivity index (χ0n) is 15.0. The molecule has 0 spiro atoms. The molecule has 0 aliphatic rings. The normalized spacial score (nSPS) is 10.8. The summed E-state index contributed by atoms with van der Waals surface area (Å²) in [6.07, 6.45) is 1.47. The number of rotatable bonds is 7. The first-order chi connectivity index (χ1) is 13.5. The number of hydrazone groups is 1. The van der Waals surface area contributed by atoms with Crippen molar-refractivity contribution in [3.8, 4) is 5.75 Å². The molecule has 0 radical (unpaired) electrons. The molecular formula is C20H17N3O5. The van der Waals surface area contributed by atoms with Crippen molar-refractivity contribution in [2.45, 2.75) is 13.5 Å². The van der Waals surface area contributed by atoms with Gasteiger partial charge in [-0.05, 0) is 48.9 Å². The van der Waals surface area contributed by atoms with Gasteiger partial charge in [-0.2, -0.15) is 5.10 Å². The van der Waals surface area contributed by atoms with E-state index in [-0.39, 0.29) is 18.1 Å². The van der Waals surface area contributed by atoms with Crippen LogP contribution in [0.4, 0.5) is 5.69 Å². The van der Waals surface area contributed by atoms with Gasteiger partial charge in [0.2, 0.25) is 0 Å². The van der Waals surface area contributed by atoms with Crippen molar-refractivity contribution in [3.63, 3.8) is 0 Å². The van der Waals surface area contributed by atoms with Crippen LogP contribution in [-0.2, 0) is 6.61 Å². The Morgan fingerprint density at radius 2 is 1.93 bits per heavy atom. The minimum Gasteiger partial charge on any atom is -0.488 e. The molecule has 142 valence electrons. The highest BCUT2D eigenvalue weighted by Gasteiger charge is 2.09. The number of nitrogens with zero attached hydrogens (tertiary/aromatic N) is 2. The van der Waals surface area contributed by atoms with Gasteiger partial charge in [0, 0.05) is 17.7 Å². The lowest BCUT2D eigenvalue weighted by Gasteiger charge is -2.09. The van der Waals surface area contributed by atoms with Crippen LogP contribution in [0.3, 0.4) is 0 Å². The molecule has 28 heavy (non-hydrogen) atoms. The van der Waals surface area contributed by atoms with Gasteiger partial charge in [-0.1, -0.05) is 12.1 Å². The molecule has 0 aliphatic carbocycles. The van der Waals surface area contributed by atoms with Gasteiger partial charge in [0.15, 0.2) is 5.76 Å². The van der Waals surface area contributed by atoms with Crippen LogP contribution in [0.25, 0.3) is 0 Å². The molecule has 0 unspecified atom stereocenters. The van der Waals surface area contributed by atoms with E-state index in [0.29, 0.717) is 17.1 Å². The van der Waals surface area contributed by atoms with Crippen molar-refractivity contribution in [2.24, 2.45) is 5.10 Å². The van der Waals surface area contributed by atoms with Crippen LogP contribution in [0.1, 0.15) is 27.4 Å². The van der Waals surface area contributed by atoms with Crippen LogP contribution in [0, 0.1) is 17.0 Å². The SMILES string of the molecule is Cc1ccc(C(=O)N/N=C/c2ccccc2OCc2ccc([N+](=O)[O-])cc2)o1. The number of aryl methyl sites for hydroxylation is 1. The lowest BCUT2D eigenvalue weighted by atomic mass is 10.2. The average molecular weight is 379 g/mol. The third-order valence-electron chi connectivity index (χ3n) is 3.79. The number of carbonyl (C=O) groups is 1. The van der Waals surface area contributed by atoms with Crippen LogP contribution in [0.5, 0.6) is 5.75 Å². The van der Waals surface area contributed by atoms with Gasteiger partial charge in [-0.25, -0.2) is 5.43 Å². The Balaban J connectivity index is 1.62. The molecule has 3 rings (SSSR count). The van der Waals surface area contributed by atoms with Gasteiger partial charge < -0.3 is 9.15 Å². The number of hydrogen-bond acceptors (Lipinski definition) is 6. The van der Waals surface area contributed by atoms with Crippen molar-refractivity contribution < 1.29 is 18.9 Å². The summed E-state index contributed by atoms with van der Waals surface area (Å²) in [5.74, 6) is 0.929. The largest absolute Gasteiger partial charge is 0.488 e. The zero-order valence-corrected chi connectivity index (χ0v) is 15.0. The molecule has 0 bridgehead atoms. The number of furan rings is 1. The number of ether oxygens (including phenoxy) is 1. The lowest BCUT2D eigenvalue weighted by molar-refractivity contribution is -0.384. The Morgan fingerprint density at radius 1 is 1.18 bits per heavy atom. The first kappa shape index (κ1) is 18.8. The molecule has 0 fully saturated rings. The number of carbonyl (C=O) groups excluding carboxylic acids is 1. The summed E-state index contributed by atoms with van der Waals surface area (Å²) >= 11 is 0. The molecule has 2 aromatic carbocycles. The van der Waals surface area contributed by atoms with Crippen molar-refractivity contribution in [1.82, 2.24) is 5.43 Å². The smallest absolute Gasteiger partial charge is 0.307 e. The highest BCUT2D eigenvalue weighted by Crippen LogP contribution is 2.19. The van der Waals surface area contributed by atoms with Crippen LogP contribution >= 0.6 is 0 Å². The molecule has 0 saturated heterocycles. The Labute approximate surface area is 160 Å². The van der Waals surface area contributed by atoms with E-state index >= 15 is 0 Å². The quantitative estimate of drug-likeness (QED) is 0.381. The van der Waals surface area contributed by atoms with E-state index in [1.54, 1.807) is 43.3 Å². The van der Waals surface area contributed by atoms with Crippen molar-refractivity contribution in [1.29, 1.82) is 0 Å². The Bertz CT molecular complexity index is 1010.